The van der Waals surface area contributed by atoms with Crippen LogP contribution in [0.1, 0.15) is 25.3 Å². The number of nitrogens with one attached hydrogen (secondary N) is 1. The zero-order valence-electron chi connectivity index (χ0n) is 12.3. The molecule has 1 aromatic heterocycles. The molecule has 0 amide bonds. The summed E-state index contributed by atoms with van der Waals surface area (Å²) in [7, 11) is 0. The number of hydrogen-bond donors (Lipinski definition) is 1. The maximum atomic E-state index is 5.52. The SMILES string of the molecule is CCCCOCCNCCc1cccc2cccnc12. The molecule has 0 aliphatic heterocycles. The normalized spacial score (nSPS) is 11.1. The van der Waals surface area contributed by atoms with Crippen LogP contribution in [0.4, 0.5) is 0 Å². The first-order valence-electron chi connectivity index (χ1n) is 7.53. The number of hydrogen-bond acceptors (Lipinski definition) is 3. The summed E-state index contributed by atoms with van der Waals surface area (Å²) in [6.45, 7) is 5.74. The van der Waals surface area contributed by atoms with Crippen molar-refractivity contribution in [3.8, 4) is 0 Å². The fourth-order valence-electron chi connectivity index (χ4n) is 2.21. The van der Waals surface area contributed by atoms with Gasteiger partial charge in [-0.05, 0) is 31.0 Å². The van der Waals surface area contributed by atoms with Gasteiger partial charge < -0.3 is 10.1 Å². The summed E-state index contributed by atoms with van der Waals surface area (Å²) >= 11 is 0. The highest BCUT2D eigenvalue weighted by atomic mass is 16.5. The van der Waals surface area contributed by atoms with Crippen molar-refractivity contribution in [3.63, 3.8) is 0 Å². The van der Waals surface area contributed by atoms with Gasteiger partial charge in [0.15, 0.2) is 0 Å². The molecule has 0 saturated carbocycles. The first-order chi connectivity index (χ1) is 9.92. The smallest absolute Gasteiger partial charge is 0.0734 e. The fourth-order valence-corrected chi connectivity index (χ4v) is 2.21. The second-order valence-electron chi connectivity index (χ2n) is 4.96. The number of rotatable bonds is 9. The molecular formula is C17H24N2O. The van der Waals surface area contributed by atoms with E-state index in [1.165, 1.54) is 17.4 Å². The van der Waals surface area contributed by atoms with Crippen LogP contribution in [0.2, 0.25) is 0 Å². The van der Waals surface area contributed by atoms with Crippen molar-refractivity contribution in [2.24, 2.45) is 0 Å². The van der Waals surface area contributed by atoms with Gasteiger partial charge in [0.2, 0.25) is 0 Å². The minimum Gasteiger partial charge on any atom is -0.380 e. The summed E-state index contributed by atoms with van der Waals surface area (Å²) in [5.74, 6) is 0. The molecule has 20 heavy (non-hydrogen) atoms. The summed E-state index contributed by atoms with van der Waals surface area (Å²) in [6, 6.07) is 10.5. The molecule has 1 aromatic carbocycles. The van der Waals surface area contributed by atoms with E-state index in [2.05, 4.69) is 41.5 Å². The highest BCUT2D eigenvalue weighted by molar-refractivity contribution is 5.81. The van der Waals surface area contributed by atoms with E-state index in [1.807, 2.05) is 12.3 Å². The van der Waals surface area contributed by atoms with E-state index in [0.29, 0.717) is 0 Å². The molecule has 2 rings (SSSR count). The third kappa shape index (κ3) is 4.58. The monoisotopic (exact) mass is 272 g/mol. The second kappa shape index (κ2) is 8.67. The van der Waals surface area contributed by atoms with Crippen molar-refractivity contribution < 1.29 is 4.74 Å². The number of pyridine rings is 1. The number of unbranched alkanes of at least 4 members (excludes halogenated alkanes) is 1. The van der Waals surface area contributed by atoms with Crippen LogP contribution in [0.3, 0.4) is 0 Å². The predicted octanol–water partition coefficient (Wildman–Crippen LogP) is 3.18. The van der Waals surface area contributed by atoms with Crippen molar-refractivity contribution in [2.45, 2.75) is 26.2 Å². The molecular weight excluding hydrogens is 248 g/mol. The van der Waals surface area contributed by atoms with Crippen LogP contribution >= 0.6 is 0 Å². The number of ether oxygens (including phenoxy) is 1. The zero-order valence-corrected chi connectivity index (χ0v) is 12.3. The predicted molar refractivity (Wildman–Crippen MR) is 84.0 cm³/mol. The molecule has 2 aromatic rings. The Morgan fingerprint density at radius 1 is 1.10 bits per heavy atom. The summed E-state index contributed by atoms with van der Waals surface area (Å²) in [5.41, 5.74) is 2.43. The minimum absolute atomic E-state index is 0.799. The lowest BCUT2D eigenvalue weighted by Crippen LogP contribution is -2.22. The van der Waals surface area contributed by atoms with Gasteiger partial charge in [-0.2, -0.15) is 0 Å². The van der Waals surface area contributed by atoms with E-state index in [4.69, 9.17) is 4.74 Å². The molecule has 0 fully saturated rings. The molecule has 0 aliphatic carbocycles. The van der Waals surface area contributed by atoms with E-state index in [-0.39, 0.29) is 0 Å². The Kier molecular flexibility index (Phi) is 6.48. The van der Waals surface area contributed by atoms with E-state index >= 15 is 0 Å². The molecule has 3 nitrogen and oxygen atoms in total. The number of benzene rings is 1. The minimum atomic E-state index is 0.799. The molecule has 0 saturated heterocycles. The topological polar surface area (TPSA) is 34.1 Å². The standard InChI is InChI=1S/C17H24N2O/c1-2-3-13-20-14-12-18-11-9-16-7-4-6-15-8-5-10-19-17(15)16/h4-8,10,18H,2-3,9,11-14H2,1H3. The molecule has 0 atom stereocenters. The van der Waals surface area contributed by atoms with Crippen LogP contribution in [-0.2, 0) is 11.2 Å². The lowest BCUT2D eigenvalue weighted by molar-refractivity contribution is 0.133. The first kappa shape index (κ1) is 14.9. The number of para-hydroxylation sites is 1. The Balaban J connectivity index is 1.71. The molecule has 0 aliphatic rings. The Morgan fingerprint density at radius 3 is 2.90 bits per heavy atom. The van der Waals surface area contributed by atoms with Crippen molar-refractivity contribution in [3.05, 3.63) is 42.1 Å². The van der Waals surface area contributed by atoms with Gasteiger partial charge in [-0.25, -0.2) is 0 Å². The van der Waals surface area contributed by atoms with E-state index in [9.17, 15) is 0 Å². The Labute approximate surface area is 121 Å². The third-order valence-corrected chi connectivity index (χ3v) is 3.35. The molecule has 0 bridgehead atoms. The Hall–Kier alpha value is -1.45. The van der Waals surface area contributed by atoms with E-state index in [0.717, 1.165) is 44.7 Å². The zero-order chi connectivity index (χ0) is 14.0. The van der Waals surface area contributed by atoms with E-state index < -0.39 is 0 Å². The Bertz CT molecular complexity index is 508. The summed E-state index contributed by atoms with van der Waals surface area (Å²) < 4.78 is 5.52. The molecule has 3 heteroatoms. The quantitative estimate of drug-likeness (QED) is 0.712. The lowest BCUT2D eigenvalue weighted by atomic mass is 10.1. The maximum Gasteiger partial charge on any atom is 0.0734 e. The Morgan fingerprint density at radius 2 is 2.00 bits per heavy atom. The van der Waals surface area contributed by atoms with Crippen LogP contribution in [0, 0.1) is 0 Å². The van der Waals surface area contributed by atoms with Crippen molar-refractivity contribution in [1.29, 1.82) is 0 Å². The van der Waals surface area contributed by atoms with Crippen LogP contribution < -0.4 is 5.32 Å². The van der Waals surface area contributed by atoms with Gasteiger partial charge >= 0.3 is 0 Å². The summed E-state index contributed by atoms with van der Waals surface area (Å²) in [5, 5.41) is 4.64. The average molecular weight is 272 g/mol. The summed E-state index contributed by atoms with van der Waals surface area (Å²) in [4.78, 5) is 4.48. The van der Waals surface area contributed by atoms with Crippen LogP contribution in [-0.4, -0.2) is 31.3 Å². The molecule has 1 heterocycles. The van der Waals surface area contributed by atoms with Crippen molar-refractivity contribution in [1.82, 2.24) is 10.3 Å². The van der Waals surface area contributed by atoms with Gasteiger partial charge in [-0.15, -0.1) is 0 Å². The average Bonchev–Trinajstić information content (AvgIpc) is 2.50. The lowest BCUT2D eigenvalue weighted by Gasteiger charge is -2.07. The van der Waals surface area contributed by atoms with Crippen molar-refractivity contribution >= 4 is 10.9 Å². The molecule has 0 unspecified atom stereocenters. The molecule has 0 radical (unpaired) electrons. The number of fused-ring (bicyclic) bond motifs is 1. The van der Waals surface area contributed by atoms with Gasteiger partial charge in [0.05, 0.1) is 12.1 Å². The number of nitrogens with zero attached hydrogens (tertiary/aromatic N) is 1. The largest absolute Gasteiger partial charge is 0.380 e. The molecule has 0 spiro atoms. The van der Waals surface area contributed by atoms with Gasteiger partial charge in [0, 0.05) is 24.7 Å². The number of aromatic nitrogens is 1. The van der Waals surface area contributed by atoms with Crippen molar-refractivity contribution in [2.75, 3.05) is 26.3 Å². The van der Waals surface area contributed by atoms with Crippen LogP contribution in [0.25, 0.3) is 10.9 Å². The van der Waals surface area contributed by atoms with Gasteiger partial charge in [0.25, 0.3) is 0 Å². The maximum absolute atomic E-state index is 5.52. The molecule has 108 valence electrons. The van der Waals surface area contributed by atoms with Crippen LogP contribution in [0.15, 0.2) is 36.5 Å². The highest BCUT2D eigenvalue weighted by Crippen LogP contribution is 2.15. The van der Waals surface area contributed by atoms with Gasteiger partial charge in [0.1, 0.15) is 0 Å². The summed E-state index contributed by atoms with van der Waals surface area (Å²) in [6.07, 6.45) is 5.22. The van der Waals surface area contributed by atoms with Gasteiger partial charge in [-0.3, -0.25) is 4.98 Å². The molecule has 1 N–H and O–H groups in total. The fraction of sp³-hybridized carbons (Fsp3) is 0.471. The third-order valence-electron chi connectivity index (χ3n) is 3.35. The first-order valence-corrected chi connectivity index (χ1v) is 7.53. The van der Waals surface area contributed by atoms with Gasteiger partial charge in [-0.1, -0.05) is 37.6 Å². The highest BCUT2D eigenvalue weighted by Gasteiger charge is 2.00. The second-order valence-corrected chi connectivity index (χ2v) is 4.96. The van der Waals surface area contributed by atoms with E-state index in [1.54, 1.807) is 0 Å². The van der Waals surface area contributed by atoms with Crippen LogP contribution in [0.5, 0.6) is 0 Å².